The summed E-state index contributed by atoms with van der Waals surface area (Å²) in [6.45, 7) is 3.77. The number of para-hydroxylation sites is 1. The molecule has 0 radical (unpaired) electrons. The van der Waals surface area contributed by atoms with Crippen LogP contribution in [-0.4, -0.2) is 20.8 Å². The van der Waals surface area contributed by atoms with Crippen molar-refractivity contribution in [2.45, 2.75) is 13.5 Å². The molecule has 4 nitrogen and oxygen atoms in total. The van der Waals surface area contributed by atoms with E-state index in [0.29, 0.717) is 17.2 Å². The molecule has 0 bridgehead atoms. The van der Waals surface area contributed by atoms with Gasteiger partial charge in [-0.3, -0.25) is 0 Å². The van der Waals surface area contributed by atoms with Crippen LogP contribution in [0.3, 0.4) is 0 Å². The van der Waals surface area contributed by atoms with E-state index in [0.717, 1.165) is 24.4 Å². The largest absolute Gasteiger partial charge is 0.496 e. The summed E-state index contributed by atoms with van der Waals surface area (Å²) in [7, 11) is 3.25. The van der Waals surface area contributed by atoms with Gasteiger partial charge < -0.3 is 19.5 Å². The molecule has 0 saturated heterocycles. The van der Waals surface area contributed by atoms with Crippen LogP contribution in [0.25, 0.3) is 0 Å². The molecule has 4 heteroatoms. The van der Waals surface area contributed by atoms with Gasteiger partial charge in [-0.15, -0.1) is 0 Å². The Morgan fingerprint density at radius 2 is 1.52 bits per heavy atom. The van der Waals surface area contributed by atoms with E-state index in [4.69, 9.17) is 14.2 Å². The van der Waals surface area contributed by atoms with E-state index < -0.39 is 0 Å². The number of ether oxygens (including phenoxy) is 3. The smallest absolute Gasteiger partial charge is 0.134 e. The first kappa shape index (κ1) is 15.2. The maximum absolute atomic E-state index is 5.99. The Morgan fingerprint density at radius 3 is 2.14 bits per heavy atom. The molecule has 2 rings (SSSR count). The van der Waals surface area contributed by atoms with Crippen molar-refractivity contribution in [1.82, 2.24) is 5.32 Å². The molecule has 112 valence electrons. The Morgan fingerprint density at radius 1 is 0.905 bits per heavy atom. The van der Waals surface area contributed by atoms with Crippen molar-refractivity contribution in [3.63, 3.8) is 0 Å². The molecule has 2 aromatic rings. The van der Waals surface area contributed by atoms with Crippen LogP contribution in [0.5, 0.6) is 23.0 Å². The summed E-state index contributed by atoms with van der Waals surface area (Å²) >= 11 is 0. The fourth-order valence-electron chi connectivity index (χ4n) is 1.98. The van der Waals surface area contributed by atoms with Crippen molar-refractivity contribution in [3.05, 3.63) is 48.0 Å². The highest BCUT2D eigenvalue weighted by Crippen LogP contribution is 2.32. The SMILES string of the molecule is CCNCc1ccccc1Oc1cc(OC)cc(OC)c1. The molecule has 0 aliphatic heterocycles. The molecule has 0 aliphatic rings. The van der Waals surface area contributed by atoms with Crippen LogP contribution in [0.1, 0.15) is 12.5 Å². The van der Waals surface area contributed by atoms with Crippen LogP contribution in [0, 0.1) is 0 Å². The highest BCUT2D eigenvalue weighted by Gasteiger charge is 2.07. The van der Waals surface area contributed by atoms with Gasteiger partial charge in [-0.05, 0) is 12.6 Å². The van der Waals surface area contributed by atoms with E-state index in [1.54, 1.807) is 14.2 Å². The van der Waals surface area contributed by atoms with Gasteiger partial charge in [-0.2, -0.15) is 0 Å². The minimum absolute atomic E-state index is 0.690. The van der Waals surface area contributed by atoms with Crippen LogP contribution >= 0.6 is 0 Å². The minimum Gasteiger partial charge on any atom is -0.496 e. The van der Waals surface area contributed by atoms with Crippen LogP contribution in [0.4, 0.5) is 0 Å². The van der Waals surface area contributed by atoms with Crippen LogP contribution in [-0.2, 0) is 6.54 Å². The highest BCUT2D eigenvalue weighted by molar-refractivity contribution is 5.45. The number of rotatable bonds is 7. The average molecular weight is 287 g/mol. The number of hydrogen-bond acceptors (Lipinski definition) is 4. The quantitative estimate of drug-likeness (QED) is 0.844. The number of nitrogens with one attached hydrogen (secondary N) is 1. The molecule has 0 atom stereocenters. The lowest BCUT2D eigenvalue weighted by atomic mass is 10.2. The lowest BCUT2D eigenvalue weighted by Gasteiger charge is -2.13. The van der Waals surface area contributed by atoms with Gasteiger partial charge in [-0.25, -0.2) is 0 Å². The third-order valence-corrected chi connectivity index (χ3v) is 3.09. The van der Waals surface area contributed by atoms with E-state index >= 15 is 0 Å². The summed E-state index contributed by atoms with van der Waals surface area (Å²) in [6, 6.07) is 13.5. The van der Waals surface area contributed by atoms with Gasteiger partial charge in [-0.1, -0.05) is 25.1 Å². The summed E-state index contributed by atoms with van der Waals surface area (Å²) < 4.78 is 16.5. The zero-order valence-corrected chi connectivity index (χ0v) is 12.7. The summed E-state index contributed by atoms with van der Waals surface area (Å²) in [5.41, 5.74) is 1.11. The molecule has 0 fully saturated rings. The number of methoxy groups -OCH3 is 2. The Bertz CT molecular complexity index is 562. The van der Waals surface area contributed by atoms with Gasteiger partial charge >= 0.3 is 0 Å². The number of benzene rings is 2. The van der Waals surface area contributed by atoms with Crippen molar-refractivity contribution >= 4 is 0 Å². The molecule has 0 amide bonds. The zero-order chi connectivity index (χ0) is 15.1. The molecule has 0 spiro atoms. The van der Waals surface area contributed by atoms with Gasteiger partial charge in [0.25, 0.3) is 0 Å². The van der Waals surface area contributed by atoms with Gasteiger partial charge in [0.2, 0.25) is 0 Å². The van der Waals surface area contributed by atoms with Gasteiger partial charge in [0, 0.05) is 30.3 Å². The normalized spacial score (nSPS) is 10.2. The third-order valence-electron chi connectivity index (χ3n) is 3.09. The summed E-state index contributed by atoms with van der Waals surface area (Å²) in [5, 5.41) is 3.31. The first-order valence-corrected chi connectivity index (χ1v) is 6.96. The van der Waals surface area contributed by atoms with Gasteiger partial charge in [0.1, 0.15) is 23.0 Å². The number of hydrogen-bond donors (Lipinski definition) is 1. The molecule has 0 aromatic heterocycles. The Balaban J connectivity index is 2.25. The summed E-state index contributed by atoms with van der Waals surface area (Å²) in [5.74, 6) is 2.92. The third kappa shape index (κ3) is 4.13. The Hall–Kier alpha value is -2.20. The van der Waals surface area contributed by atoms with E-state index in [-0.39, 0.29) is 0 Å². The van der Waals surface area contributed by atoms with E-state index in [9.17, 15) is 0 Å². The maximum atomic E-state index is 5.99. The fraction of sp³-hybridized carbons (Fsp3) is 0.294. The van der Waals surface area contributed by atoms with E-state index in [1.807, 2.05) is 36.4 Å². The molecule has 0 unspecified atom stereocenters. The predicted octanol–water partition coefficient (Wildman–Crippen LogP) is 3.61. The monoisotopic (exact) mass is 287 g/mol. The zero-order valence-electron chi connectivity index (χ0n) is 12.7. The van der Waals surface area contributed by atoms with Crippen molar-refractivity contribution in [2.75, 3.05) is 20.8 Å². The van der Waals surface area contributed by atoms with E-state index in [1.165, 1.54) is 0 Å². The molecule has 1 N–H and O–H groups in total. The first-order valence-electron chi connectivity index (χ1n) is 6.96. The van der Waals surface area contributed by atoms with Crippen LogP contribution in [0.15, 0.2) is 42.5 Å². The minimum atomic E-state index is 0.690. The molecular formula is C17H21NO3. The highest BCUT2D eigenvalue weighted by atomic mass is 16.5. The second-order valence-electron chi connectivity index (χ2n) is 4.54. The molecule has 2 aromatic carbocycles. The van der Waals surface area contributed by atoms with Crippen molar-refractivity contribution in [3.8, 4) is 23.0 Å². The van der Waals surface area contributed by atoms with Crippen LogP contribution in [0.2, 0.25) is 0 Å². The summed E-state index contributed by atoms with van der Waals surface area (Å²) in [6.07, 6.45) is 0. The average Bonchev–Trinajstić information content (AvgIpc) is 2.53. The maximum Gasteiger partial charge on any atom is 0.134 e. The molecule has 0 heterocycles. The van der Waals surface area contributed by atoms with Crippen LogP contribution < -0.4 is 19.5 Å². The molecular weight excluding hydrogens is 266 g/mol. The lowest BCUT2D eigenvalue weighted by molar-refractivity contribution is 0.386. The lowest BCUT2D eigenvalue weighted by Crippen LogP contribution is -2.12. The molecule has 0 aliphatic carbocycles. The standard InChI is InChI=1S/C17H21NO3/c1-4-18-12-13-7-5-6-8-17(13)21-16-10-14(19-2)9-15(11-16)20-3/h5-11,18H,4,12H2,1-3H3. The van der Waals surface area contributed by atoms with Crippen molar-refractivity contribution in [1.29, 1.82) is 0 Å². The topological polar surface area (TPSA) is 39.7 Å². The second kappa shape index (κ2) is 7.55. The molecule has 21 heavy (non-hydrogen) atoms. The Kier molecular flexibility index (Phi) is 5.46. The summed E-state index contributed by atoms with van der Waals surface area (Å²) in [4.78, 5) is 0. The van der Waals surface area contributed by atoms with Gasteiger partial charge in [0.15, 0.2) is 0 Å². The van der Waals surface area contributed by atoms with Gasteiger partial charge in [0.05, 0.1) is 14.2 Å². The van der Waals surface area contributed by atoms with E-state index in [2.05, 4.69) is 18.3 Å². The second-order valence-corrected chi connectivity index (χ2v) is 4.54. The fourth-order valence-corrected chi connectivity index (χ4v) is 1.98. The van der Waals surface area contributed by atoms with Crippen molar-refractivity contribution < 1.29 is 14.2 Å². The Labute approximate surface area is 125 Å². The predicted molar refractivity (Wildman–Crippen MR) is 83.4 cm³/mol. The van der Waals surface area contributed by atoms with Crippen molar-refractivity contribution in [2.24, 2.45) is 0 Å². The first-order chi connectivity index (χ1) is 10.3. The molecule has 0 saturated carbocycles.